The molecular weight excluding hydrogens is 412 g/mol. The van der Waals surface area contributed by atoms with Crippen LogP contribution < -0.4 is 14.9 Å². The van der Waals surface area contributed by atoms with Gasteiger partial charge in [-0.25, -0.2) is 13.9 Å². The fourth-order valence-corrected chi connectivity index (χ4v) is 5.16. The molecule has 2 fully saturated rings. The summed E-state index contributed by atoms with van der Waals surface area (Å²) in [6, 6.07) is 15.5. The van der Waals surface area contributed by atoms with Gasteiger partial charge >= 0.3 is 0 Å². The highest BCUT2D eigenvalue weighted by atomic mass is 32.2. The first-order valence-corrected chi connectivity index (χ1v) is 10.9. The van der Waals surface area contributed by atoms with E-state index in [4.69, 9.17) is 19.4 Å². The fourth-order valence-electron chi connectivity index (χ4n) is 3.77. The zero-order valence-electron chi connectivity index (χ0n) is 16.0. The molecule has 3 N–H and O–H groups in total. The number of nitrogens with one attached hydrogen (secondary N) is 2. The number of carbonyl (C=O) groups excluding carboxylic acids is 1. The number of carbonyl (C=O) groups is 1. The summed E-state index contributed by atoms with van der Waals surface area (Å²) < 4.78 is 44.8. The number of hydrogen-bond acceptors (Lipinski definition) is 7. The number of benzene rings is 2. The van der Waals surface area contributed by atoms with E-state index in [2.05, 4.69) is 4.72 Å². The summed E-state index contributed by atoms with van der Waals surface area (Å²) in [5.74, 6) is -0.340. The maximum atomic E-state index is 12.9. The minimum absolute atomic E-state index is 0.0291. The second-order valence-corrected chi connectivity index (χ2v) is 8.99. The van der Waals surface area contributed by atoms with Gasteiger partial charge in [0.05, 0.1) is 17.1 Å². The summed E-state index contributed by atoms with van der Waals surface area (Å²) in [6.07, 6.45) is -0.721. The number of amides is 1. The van der Waals surface area contributed by atoms with Crippen LogP contribution in [0.5, 0.6) is 5.75 Å². The predicted molar refractivity (Wildman–Crippen MR) is 104 cm³/mol. The van der Waals surface area contributed by atoms with E-state index in [9.17, 15) is 13.2 Å². The van der Waals surface area contributed by atoms with Crippen LogP contribution in [0, 0.1) is 0 Å². The van der Waals surface area contributed by atoms with Gasteiger partial charge in [0.25, 0.3) is 5.91 Å². The number of fused-ring (bicyclic) bond motifs is 1. The van der Waals surface area contributed by atoms with E-state index in [-0.39, 0.29) is 24.5 Å². The van der Waals surface area contributed by atoms with Gasteiger partial charge in [-0.15, -0.1) is 0 Å². The van der Waals surface area contributed by atoms with Crippen molar-refractivity contribution in [3.63, 3.8) is 0 Å². The summed E-state index contributed by atoms with van der Waals surface area (Å²) in [7, 11) is -4.06. The average Bonchev–Trinajstić information content (AvgIpc) is 3.32. The third-order valence-corrected chi connectivity index (χ3v) is 6.88. The monoisotopic (exact) mass is 434 g/mol. The van der Waals surface area contributed by atoms with E-state index >= 15 is 0 Å². The molecule has 1 unspecified atom stereocenters. The van der Waals surface area contributed by atoms with Gasteiger partial charge in [-0.2, -0.15) is 4.72 Å². The molecule has 2 aromatic carbocycles. The number of ether oxygens (including phenoxy) is 3. The molecule has 160 valence electrons. The Balaban J connectivity index is 1.47. The van der Waals surface area contributed by atoms with E-state index in [0.29, 0.717) is 12.4 Å². The first-order valence-electron chi connectivity index (χ1n) is 9.40. The molecule has 1 amide bonds. The Hall–Kier alpha value is -2.50. The Kier molecular flexibility index (Phi) is 5.76. The SMILES string of the molecule is O=C(NO)C1(NS(=O)(=O)c2ccc(OCc3ccccc3)cc2)C[C@@H]2OCO[C@@H]2C1. The lowest BCUT2D eigenvalue weighted by atomic mass is 9.98. The maximum Gasteiger partial charge on any atom is 0.264 e. The van der Waals surface area contributed by atoms with Crippen LogP contribution in [0.4, 0.5) is 0 Å². The molecule has 4 rings (SSSR count). The lowest BCUT2D eigenvalue weighted by molar-refractivity contribution is -0.136. The van der Waals surface area contributed by atoms with Gasteiger partial charge in [-0.05, 0) is 29.8 Å². The zero-order valence-corrected chi connectivity index (χ0v) is 16.8. The van der Waals surface area contributed by atoms with Gasteiger partial charge in [0.2, 0.25) is 10.0 Å². The van der Waals surface area contributed by atoms with Crippen LogP contribution in [0.3, 0.4) is 0 Å². The van der Waals surface area contributed by atoms with Crippen LogP contribution in [0.15, 0.2) is 59.5 Å². The smallest absolute Gasteiger partial charge is 0.264 e. The number of rotatable bonds is 7. The van der Waals surface area contributed by atoms with Gasteiger partial charge < -0.3 is 14.2 Å². The normalized spacial score (nSPS) is 25.6. The largest absolute Gasteiger partial charge is 0.489 e. The first-order chi connectivity index (χ1) is 14.4. The Labute approximate surface area is 174 Å². The van der Waals surface area contributed by atoms with E-state index < -0.39 is 33.7 Å². The van der Waals surface area contributed by atoms with Gasteiger partial charge in [0.15, 0.2) is 0 Å². The predicted octanol–water partition coefficient (Wildman–Crippen LogP) is 1.32. The van der Waals surface area contributed by atoms with Crippen LogP contribution in [0.1, 0.15) is 18.4 Å². The highest BCUT2D eigenvalue weighted by Crippen LogP contribution is 2.38. The lowest BCUT2D eigenvalue weighted by Gasteiger charge is -2.28. The van der Waals surface area contributed by atoms with E-state index in [1.807, 2.05) is 30.3 Å². The number of hydrogen-bond donors (Lipinski definition) is 3. The van der Waals surface area contributed by atoms with Gasteiger partial charge in [0.1, 0.15) is 24.7 Å². The second kappa shape index (κ2) is 8.32. The van der Waals surface area contributed by atoms with Crippen LogP contribution in [0.25, 0.3) is 0 Å². The lowest BCUT2D eigenvalue weighted by Crippen LogP contribution is -2.57. The van der Waals surface area contributed by atoms with Crippen molar-refractivity contribution in [2.24, 2.45) is 0 Å². The Morgan fingerprint density at radius 2 is 1.70 bits per heavy atom. The molecule has 1 saturated carbocycles. The van der Waals surface area contributed by atoms with Crippen molar-refractivity contribution in [2.45, 2.75) is 42.1 Å². The van der Waals surface area contributed by atoms with Crippen molar-refractivity contribution in [1.82, 2.24) is 10.2 Å². The molecule has 0 spiro atoms. The third-order valence-electron chi connectivity index (χ3n) is 5.33. The Morgan fingerprint density at radius 1 is 1.07 bits per heavy atom. The van der Waals surface area contributed by atoms with Crippen LogP contribution in [-0.4, -0.2) is 44.1 Å². The van der Waals surface area contributed by atoms with Crippen LogP contribution in [0.2, 0.25) is 0 Å². The quantitative estimate of drug-likeness (QED) is 0.444. The molecule has 1 aliphatic heterocycles. The van der Waals surface area contributed by atoms with E-state index in [1.165, 1.54) is 12.1 Å². The summed E-state index contributed by atoms with van der Waals surface area (Å²) in [5.41, 5.74) is 0.982. The summed E-state index contributed by atoms with van der Waals surface area (Å²) >= 11 is 0. The minimum atomic E-state index is -4.06. The molecule has 10 heteroatoms. The van der Waals surface area contributed by atoms with E-state index in [1.54, 1.807) is 17.6 Å². The molecule has 0 aromatic heterocycles. The van der Waals surface area contributed by atoms with Gasteiger partial charge in [0, 0.05) is 12.8 Å². The van der Waals surface area contributed by atoms with Crippen molar-refractivity contribution in [1.29, 1.82) is 0 Å². The van der Waals surface area contributed by atoms with Crippen molar-refractivity contribution in [3.8, 4) is 5.75 Å². The summed E-state index contributed by atoms with van der Waals surface area (Å²) in [5, 5.41) is 9.15. The molecule has 0 radical (unpaired) electrons. The molecule has 1 heterocycles. The zero-order chi connectivity index (χ0) is 21.2. The van der Waals surface area contributed by atoms with Gasteiger partial charge in [-0.1, -0.05) is 30.3 Å². The van der Waals surface area contributed by atoms with Crippen molar-refractivity contribution >= 4 is 15.9 Å². The van der Waals surface area contributed by atoms with Crippen molar-refractivity contribution in [2.75, 3.05) is 6.79 Å². The highest BCUT2D eigenvalue weighted by Gasteiger charge is 2.55. The molecule has 2 aliphatic rings. The minimum Gasteiger partial charge on any atom is -0.489 e. The van der Waals surface area contributed by atoms with Crippen molar-refractivity contribution in [3.05, 3.63) is 60.2 Å². The molecule has 1 aliphatic carbocycles. The highest BCUT2D eigenvalue weighted by molar-refractivity contribution is 7.89. The second-order valence-electron chi connectivity index (χ2n) is 7.31. The average molecular weight is 434 g/mol. The molecule has 3 atom stereocenters. The Morgan fingerprint density at radius 3 is 2.30 bits per heavy atom. The molecule has 1 saturated heterocycles. The molecular formula is C20H22N2O7S. The standard InChI is InChI=1S/C20H22N2O7S/c23-19(21-24)20(10-17-18(11-20)29-13-28-17)22-30(25,26)16-8-6-15(7-9-16)27-12-14-4-2-1-3-5-14/h1-9,17-18,22,24H,10-13H2,(H,21,23)/t17-,18+,20?. The molecule has 0 bridgehead atoms. The molecule has 30 heavy (non-hydrogen) atoms. The van der Waals surface area contributed by atoms with Gasteiger partial charge in [-0.3, -0.25) is 10.0 Å². The Bertz CT molecular complexity index is 984. The number of hydroxylamine groups is 1. The van der Waals surface area contributed by atoms with Crippen molar-refractivity contribution < 1.29 is 32.6 Å². The maximum absolute atomic E-state index is 12.9. The number of sulfonamides is 1. The summed E-state index contributed by atoms with van der Waals surface area (Å²) in [6.45, 7) is 0.455. The first kappa shape index (κ1) is 20.8. The van der Waals surface area contributed by atoms with Crippen LogP contribution >= 0.6 is 0 Å². The third kappa shape index (κ3) is 4.18. The van der Waals surface area contributed by atoms with Crippen LogP contribution in [-0.2, 0) is 30.9 Å². The van der Waals surface area contributed by atoms with E-state index in [0.717, 1.165) is 5.56 Å². The molecule has 9 nitrogen and oxygen atoms in total. The molecule has 2 aromatic rings. The fraction of sp³-hybridized carbons (Fsp3) is 0.350. The summed E-state index contributed by atoms with van der Waals surface area (Å²) in [4.78, 5) is 12.3. The topological polar surface area (TPSA) is 123 Å².